The Bertz CT molecular complexity index is 1290. The standard InChI is InChI=1S/C28H28F6N2O6/c29-27(30,31)13-1-5-15(6-2-13)35-23(37)17-9-10-18(22-20(26(41)42)12-11-19(21(17)22)25(39)40)24(38)36-16-7-3-14(4-8-16)28(32,33)34/h9-16H,1-8H2,(H,35,37)(H,36,38)(H,39,40)(H,41,42)/t13-,14-,15-,16-. The van der Waals surface area contributed by atoms with Gasteiger partial charge in [0.1, 0.15) is 0 Å². The van der Waals surface area contributed by atoms with Gasteiger partial charge in [0.15, 0.2) is 0 Å². The quantitative estimate of drug-likeness (QED) is 0.303. The van der Waals surface area contributed by atoms with Crippen LogP contribution in [0.4, 0.5) is 26.3 Å². The van der Waals surface area contributed by atoms with E-state index in [2.05, 4.69) is 10.6 Å². The number of carbonyl (C=O) groups is 4. The molecule has 42 heavy (non-hydrogen) atoms. The number of amides is 2. The highest BCUT2D eigenvalue weighted by Crippen LogP contribution is 2.39. The summed E-state index contributed by atoms with van der Waals surface area (Å²) in [5, 5.41) is 24.2. The van der Waals surface area contributed by atoms with E-state index < -0.39 is 71.2 Å². The zero-order valence-corrected chi connectivity index (χ0v) is 22.1. The van der Waals surface area contributed by atoms with E-state index in [4.69, 9.17) is 0 Å². The number of benzene rings is 2. The fourth-order valence-corrected chi connectivity index (χ4v) is 5.89. The smallest absolute Gasteiger partial charge is 0.391 e. The number of halogens is 6. The molecule has 0 radical (unpaired) electrons. The molecular weight excluding hydrogens is 574 g/mol. The summed E-state index contributed by atoms with van der Waals surface area (Å²) < 4.78 is 78.2. The van der Waals surface area contributed by atoms with Crippen LogP contribution >= 0.6 is 0 Å². The van der Waals surface area contributed by atoms with Crippen LogP contribution in [0, 0.1) is 11.8 Å². The van der Waals surface area contributed by atoms with E-state index in [9.17, 15) is 55.7 Å². The number of fused-ring (bicyclic) bond motifs is 1. The summed E-state index contributed by atoms with van der Waals surface area (Å²) in [6.45, 7) is 0. The van der Waals surface area contributed by atoms with Crippen LogP contribution in [0.1, 0.15) is 92.8 Å². The summed E-state index contributed by atoms with van der Waals surface area (Å²) in [6.07, 6.45) is -9.44. The van der Waals surface area contributed by atoms with Gasteiger partial charge in [0.25, 0.3) is 11.8 Å². The Morgan fingerprint density at radius 1 is 0.548 bits per heavy atom. The second-order valence-electron chi connectivity index (χ2n) is 10.8. The molecule has 0 bridgehead atoms. The molecule has 0 aliphatic heterocycles. The van der Waals surface area contributed by atoms with E-state index in [0.29, 0.717) is 0 Å². The Balaban J connectivity index is 1.67. The van der Waals surface area contributed by atoms with Crippen LogP contribution in [-0.4, -0.2) is 58.4 Å². The summed E-state index contributed by atoms with van der Waals surface area (Å²) in [7, 11) is 0. The lowest BCUT2D eigenvalue weighted by Gasteiger charge is -2.30. The van der Waals surface area contributed by atoms with E-state index in [1.54, 1.807) is 0 Å². The maximum Gasteiger partial charge on any atom is 0.391 e. The molecule has 2 amide bonds. The molecule has 0 aromatic heterocycles. The summed E-state index contributed by atoms with van der Waals surface area (Å²) in [5.74, 6) is -7.75. The SMILES string of the molecule is O=C(O)c1ccc(C(=O)O)c2c(C(=O)N[C@H]3CC[C@H](C(F)(F)F)CC3)ccc(C(=O)N[C@H]3CC[C@H](C(F)(F)F)CC3)c12. The Morgan fingerprint density at radius 2 is 0.833 bits per heavy atom. The third kappa shape index (κ3) is 6.62. The number of carbonyl (C=O) groups excluding carboxylic acids is 2. The van der Waals surface area contributed by atoms with Crippen molar-refractivity contribution in [1.29, 1.82) is 0 Å². The van der Waals surface area contributed by atoms with Gasteiger partial charge < -0.3 is 20.8 Å². The molecule has 0 atom stereocenters. The van der Waals surface area contributed by atoms with E-state index in [1.165, 1.54) is 0 Å². The van der Waals surface area contributed by atoms with E-state index in [1.807, 2.05) is 0 Å². The lowest BCUT2D eigenvalue weighted by atomic mass is 9.85. The van der Waals surface area contributed by atoms with Crippen molar-refractivity contribution in [1.82, 2.24) is 10.6 Å². The van der Waals surface area contributed by atoms with Crippen molar-refractivity contribution in [2.45, 2.75) is 75.8 Å². The third-order valence-electron chi connectivity index (χ3n) is 8.16. The molecule has 0 unspecified atom stereocenters. The van der Waals surface area contributed by atoms with E-state index in [0.717, 1.165) is 24.3 Å². The predicted octanol–water partition coefficient (Wildman–Crippen LogP) is 5.94. The molecule has 2 aliphatic carbocycles. The first-order valence-electron chi connectivity index (χ1n) is 13.4. The van der Waals surface area contributed by atoms with Crippen molar-refractivity contribution in [3.05, 3.63) is 46.5 Å². The fraction of sp³-hybridized carbons (Fsp3) is 0.500. The Labute approximate surface area is 235 Å². The van der Waals surface area contributed by atoms with Gasteiger partial charge in [-0.1, -0.05) is 0 Å². The molecule has 2 fully saturated rings. The first kappa shape index (κ1) is 31.1. The van der Waals surface area contributed by atoms with Gasteiger partial charge in [0, 0.05) is 34.0 Å². The molecule has 2 aromatic rings. The normalized spacial score (nSPS) is 23.3. The second-order valence-corrected chi connectivity index (χ2v) is 10.8. The van der Waals surface area contributed by atoms with E-state index >= 15 is 0 Å². The molecule has 4 rings (SSSR count). The second kappa shape index (κ2) is 11.8. The van der Waals surface area contributed by atoms with Crippen LogP contribution in [-0.2, 0) is 0 Å². The maximum atomic E-state index is 13.3. The molecule has 0 heterocycles. The zero-order valence-electron chi connectivity index (χ0n) is 22.1. The topological polar surface area (TPSA) is 133 Å². The minimum Gasteiger partial charge on any atom is -0.478 e. The first-order valence-corrected chi connectivity index (χ1v) is 13.4. The van der Waals surface area contributed by atoms with Crippen LogP contribution in [0.25, 0.3) is 10.8 Å². The van der Waals surface area contributed by atoms with Gasteiger partial charge in [-0.25, -0.2) is 9.59 Å². The number of alkyl halides is 6. The summed E-state index contributed by atoms with van der Waals surface area (Å²) in [5.41, 5.74) is -1.54. The molecule has 2 saturated carbocycles. The van der Waals surface area contributed by atoms with Gasteiger partial charge >= 0.3 is 24.3 Å². The van der Waals surface area contributed by atoms with Crippen LogP contribution in [0.2, 0.25) is 0 Å². The van der Waals surface area contributed by atoms with Gasteiger partial charge in [0.2, 0.25) is 0 Å². The number of carboxylic acids is 2. The van der Waals surface area contributed by atoms with Crippen LogP contribution < -0.4 is 10.6 Å². The van der Waals surface area contributed by atoms with E-state index in [-0.39, 0.29) is 73.3 Å². The van der Waals surface area contributed by atoms with Crippen molar-refractivity contribution < 1.29 is 55.7 Å². The van der Waals surface area contributed by atoms with Crippen molar-refractivity contribution in [3.8, 4) is 0 Å². The fourth-order valence-electron chi connectivity index (χ4n) is 5.89. The summed E-state index contributed by atoms with van der Waals surface area (Å²) in [6, 6.07) is 2.92. The van der Waals surface area contributed by atoms with Gasteiger partial charge in [0.05, 0.1) is 23.0 Å². The summed E-state index contributed by atoms with van der Waals surface area (Å²) in [4.78, 5) is 50.9. The predicted molar refractivity (Wildman–Crippen MR) is 136 cm³/mol. The molecule has 14 heteroatoms. The van der Waals surface area contributed by atoms with Gasteiger partial charge in [-0.15, -0.1) is 0 Å². The number of aromatic carboxylic acids is 2. The summed E-state index contributed by atoms with van der Waals surface area (Å²) >= 11 is 0. The molecular formula is C28H28F6N2O6. The van der Waals surface area contributed by atoms with Gasteiger partial charge in [-0.05, 0) is 75.6 Å². The number of carboxylic acid groups (broad SMARTS) is 2. The molecule has 0 saturated heterocycles. The van der Waals surface area contributed by atoms with Gasteiger partial charge in [-0.2, -0.15) is 26.3 Å². The maximum absolute atomic E-state index is 13.3. The average Bonchev–Trinajstić information content (AvgIpc) is 2.91. The zero-order chi connectivity index (χ0) is 31.0. The monoisotopic (exact) mass is 602 g/mol. The van der Waals surface area contributed by atoms with Crippen molar-refractivity contribution in [2.75, 3.05) is 0 Å². The molecule has 0 spiro atoms. The van der Waals surface area contributed by atoms with Crippen LogP contribution in [0.15, 0.2) is 24.3 Å². The number of hydrogen-bond acceptors (Lipinski definition) is 4. The largest absolute Gasteiger partial charge is 0.478 e. The van der Waals surface area contributed by atoms with Gasteiger partial charge in [-0.3, -0.25) is 9.59 Å². The minimum atomic E-state index is -4.36. The lowest BCUT2D eigenvalue weighted by molar-refractivity contribution is -0.183. The Kier molecular flexibility index (Phi) is 8.74. The van der Waals surface area contributed by atoms with Crippen molar-refractivity contribution in [2.24, 2.45) is 11.8 Å². The minimum absolute atomic E-state index is 0.0249. The highest BCUT2D eigenvalue weighted by molar-refractivity contribution is 6.23. The Hall–Kier alpha value is -3.84. The van der Waals surface area contributed by atoms with Crippen LogP contribution in [0.5, 0.6) is 0 Å². The first-order chi connectivity index (χ1) is 19.6. The molecule has 2 aromatic carbocycles. The third-order valence-corrected chi connectivity index (χ3v) is 8.16. The average molecular weight is 603 g/mol. The van der Waals surface area contributed by atoms with Crippen molar-refractivity contribution in [3.63, 3.8) is 0 Å². The molecule has 228 valence electrons. The highest BCUT2D eigenvalue weighted by Gasteiger charge is 2.43. The lowest BCUT2D eigenvalue weighted by Crippen LogP contribution is -2.40. The number of hydrogen-bond donors (Lipinski definition) is 4. The highest BCUT2D eigenvalue weighted by atomic mass is 19.4. The molecule has 4 N–H and O–H groups in total. The Morgan fingerprint density at radius 3 is 1.10 bits per heavy atom. The van der Waals surface area contributed by atoms with Crippen molar-refractivity contribution >= 4 is 34.5 Å². The molecule has 8 nitrogen and oxygen atoms in total. The molecule has 2 aliphatic rings. The van der Waals surface area contributed by atoms with Crippen LogP contribution in [0.3, 0.4) is 0 Å². The number of nitrogens with one attached hydrogen (secondary N) is 2. The number of rotatable bonds is 6.